The minimum absolute atomic E-state index is 0.532. The zero-order valence-corrected chi connectivity index (χ0v) is 12.2. The Bertz CT molecular complexity index is 901. The van der Waals surface area contributed by atoms with Crippen molar-refractivity contribution < 1.29 is 4.42 Å². The second-order valence-electron chi connectivity index (χ2n) is 4.97. The molecule has 0 radical (unpaired) electrons. The topological polar surface area (TPSA) is 91.7 Å². The number of nitrogens with one attached hydrogen (secondary N) is 3. The molecule has 0 aliphatic rings. The molecule has 0 amide bonds. The van der Waals surface area contributed by atoms with Crippen LogP contribution in [0.2, 0.25) is 0 Å². The number of rotatable bonds is 5. The monoisotopic (exact) mass is 306 g/mol. The fourth-order valence-corrected chi connectivity index (χ4v) is 2.26. The van der Waals surface area contributed by atoms with Gasteiger partial charge in [0.15, 0.2) is 11.4 Å². The van der Waals surface area contributed by atoms with Gasteiger partial charge in [-0.3, -0.25) is 5.10 Å². The largest absolute Gasteiger partial charge is 0.459 e. The number of nitrogens with zero attached hydrogens (tertiary/aromatic N) is 3. The van der Waals surface area contributed by atoms with Crippen LogP contribution in [0.1, 0.15) is 5.56 Å². The molecule has 0 spiro atoms. The average molecular weight is 306 g/mol. The van der Waals surface area contributed by atoms with E-state index in [9.17, 15) is 0 Å². The van der Waals surface area contributed by atoms with Gasteiger partial charge in [0.2, 0.25) is 5.95 Å². The fraction of sp³-hybridized carbons (Fsp3) is 0.0625. The average Bonchev–Trinajstić information content (AvgIpc) is 3.25. The fourth-order valence-electron chi connectivity index (χ4n) is 2.26. The van der Waals surface area contributed by atoms with Gasteiger partial charge in [-0.25, -0.2) is 4.98 Å². The Kier molecular flexibility index (Phi) is 3.36. The Labute approximate surface area is 131 Å². The highest BCUT2D eigenvalue weighted by molar-refractivity contribution is 5.86. The number of hydrogen-bond donors (Lipinski definition) is 3. The number of furan rings is 1. The van der Waals surface area contributed by atoms with Crippen LogP contribution in [0, 0.1) is 0 Å². The Hall–Kier alpha value is -3.35. The highest BCUT2D eigenvalue weighted by atomic mass is 16.3. The highest BCUT2D eigenvalue weighted by Crippen LogP contribution is 2.25. The Morgan fingerprint density at radius 1 is 1.04 bits per heavy atom. The molecular formula is C16H14N6O. The summed E-state index contributed by atoms with van der Waals surface area (Å²) in [5.41, 5.74) is 2.49. The van der Waals surface area contributed by atoms with Crippen LogP contribution in [0.4, 0.5) is 17.6 Å². The van der Waals surface area contributed by atoms with Crippen LogP contribution < -0.4 is 10.6 Å². The molecule has 0 saturated heterocycles. The zero-order chi connectivity index (χ0) is 15.5. The molecule has 114 valence electrons. The molecule has 3 N–H and O–H groups in total. The van der Waals surface area contributed by atoms with Crippen molar-refractivity contribution in [1.82, 2.24) is 20.2 Å². The number of fused-ring (bicyclic) bond motifs is 1. The third-order valence-electron chi connectivity index (χ3n) is 3.35. The van der Waals surface area contributed by atoms with Gasteiger partial charge in [-0.1, -0.05) is 30.3 Å². The SMILES string of the molecule is c1ccc(CNc2nc(Nc3ccn[nH]3)c3occc3n2)cc1. The molecule has 1 aromatic carbocycles. The molecule has 4 rings (SSSR count). The smallest absolute Gasteiger partial charge is 0.225 e. The van der Waals surface area contributed by atoms with Gasteiger partial charge in [-0.15, -0.1) is 0 Å². The van der Waals surface area contributed by atoms with Gasteiger partial charge in [0.1, 0.15) is 11.3 Å². The van der Waals surface area contributed by atoms with Crippen molar-refractivity contribution in [2.45, 2.75) is 6.54 Å². The van der Waals surface area contributed by atoms with Crippen molar-refractivity contribution in [1.29, 1.82) is 0 Å². The van der Waals surface area contributed by atoms with Crippen LogP contribution in [0.15, 0.2) is 59.3 Å². The molecule has 0 bridgehead atoms. The van der Waals surface area contributed by atoms with Crippen LogP contribution >= 0.6 is 0 Å². The van der Waals surface area contributed by atoms with Gasteiger partial charge in [0, 0.05) is 18.7 Å². The quantitative estimate of drug-likeness (QED) is 0.524. The molecule has 0 fully saturated rings. The van der Waals surface area contributed by atoms with E-state index in [1.807, 2.05) is 42.5 Å². The first-order valence-electron chi connectivity index (χ1n) is 7.18. The van der Waals surface area contributed by atoms with Gasteiger partial charge >= 0.3 is 0 Å². The number of aromatic amines is 1. The molecule has 7 heteroatoms. The van der Waals surface area contributed by atoms with Gasteiger partial charge in [0.05, 0.1) is 12.5 Å². The first-order valence-corrected chi connectivity index (χ1v) is 7.18. The van der Waals surface area contributed by atoms with E-state index in [0.717, 1.165) is 16.9 Å². The van der Waals surface area contributed by atoms with E-state index in [2.05, 4.69) is 30.8 Å². The van der Waals surface area contributed by atoms with Crippen LogP contribution in [0.3, 0.4) is 0 Å². The maximum absolute atomic E-state index is 5.47. The van der Waals surface area contributed by atoms with E-state index in [0.29, 0.717) is 23.9 Å². The second kappa shape index (κ2) is 5.80. The van der Waals surface area contributed by atoms with Gasteiger partial charge in [-0.05, 0) is 5.56 Å². The highest BCUT2D eigenvalue weighted by Gasteiger charge is 2.11. The van der Waals surface area contributed by atoms with Gasteiger partial charge in [-0.2, -0.15) is 10.1 Å². The third kappa shape index (κ3) is 2.84. The van der Waals surface area contributed by atoms with Crippen LogP contribution in [0.5, 0.6) is 0 Å². The zero-order valence-electron chi connectivity index (χ0n) is 12.2. The maximum atomic E-state index is 5.47. The molecule has 7 nitrogen and oxygen atoms in total. The summed E-state index contributed by atoms with van der Waals surface area (Å²) in [6, 6.07) is 13.7. The Morgan fingerprint density at radius 3 is 2.78 bits per heavy atom. The first-order chi connectivity index (χ1) is 11.4. The lowest BCUT2D eigenvalue weighted by Crippen LogP contribution is -2.05. The van der Waals surface area contributed by atoms with Gasteiger partial charge < -0.3 is 15.1 Å². The predicted octanol–water partition coefficient (Wildman–Crippen LogP) is 3.30. The van der Waals surface area contributed by atoms with E-state index in [-0.39, 0.29) is 0 Å². The van der Waals surface area contributed by atoms with Crippen LogP contribution in [-0.4, -0.2) is 20.2 Å². The molecule has 0 atom stereocenters. The summed E-state index contributed by atoms with van der Waals surface area (Å²) in [6.45, 7) is 0.647. The summed E-state index contributed by atoms with van der Waals surface area (Å²) in [4.78, 5) is 8.95. The number of benzene rings is 1. The molecule has 4 aromatic rings. The van der Waals surface area contributed by atoms with Crippen molar-refractivity contribution in [3.05, 3.63) is 60.5 Å². The van der Waals surface area contributed by atoms with E-state index in [1.54, 1.807) is 12.5 Å². The van der Waals surface area contributed by atoms with E-state index >= 15 is 0 Å². The molecule has 0 aliphatic carbocycles. The number of anilines is 3. The number of H-pyrrole nitrogens is 1. The van der Waals surface area contributed by atoms with Crippen LogP contribution in [0.25, 0.3) is 11.1 Å². The molecule has 3 aromatic heterocycles. The molecular weight excluding hydrogens is 292 g/mol. The van der Waals surface area contributed by atoms with Crippen molar-refractivity contribution in [3.8, 4) is 0 Å². The minimum Gasteiger partial charge on any atom is -0.459 e. The molecule has 3 heterocycles. The second-order valence-corrected chi connectivity index (χ2v) is 4.97. The van der Waals surface area contributed by atoms with E-state index in [1.165, 1.54) is 0 Å². The lowest BCUT2D eigenvalue weighted by molar-refractivity contribution is 0.615. The summed E-state index contributed by atoms with van der Waals surface area (Å²) in [6.07, 6.45) is 3.26. The summed E-state index contributed by atoms with van der Waals surface area (Å²) < 4.78 is 5.47. The maximum Gasteiger partial charge on any atom is 0.225 e. The lowest BCUT2D eigenvalue weighted by atomic mass is 10.2. The number of aromatic nitrogens is 4. The summed E-state index contributed by atoms with van der Waals surface area (Å²) >= 11 is 0. The minimum atomic E-state index is 0.532. The summed E-state index contributed by atoms with van der Waals surface area (Å²) in [5, 5.41) is 13.1. The lowest BCUT2D eigenvalue weighted by Gasteiger charge is -2.08. The van der Waals surface area contributed by atoms with Gasteiger partial charge in [0.25, 0.3) is 0 Å². The number of hydrogen-bond acceptors (Lipinski definition) is 6. The Balaban J connectivity index is 1.62. The van der Waals surface area contributed by atoms with Crippen molar-refractivity contribution >= 4 is 28.7 Å². The van der Waals surface area contributed by atoms with Crippen molar-refractivity contribution in [2.24, 2.45) is 0 Å². The van der Waals surface area contributed by atoms with E-state index in [4.69, 9.17) is 4.42 Å². The Morgan fingerprint density at radius 2 is 1.96 bits per heavy atom. The first kappa shape index (κ1) is 13.3. The molecule has 0 unspecified atom stereocenters. The molecule has 23 heavy (non-hydrogen) atoms. The summed E-state index contributed by atoms with van der Waals surface area (Å²) in [5.74, 6) is 1.85. The predicted molar refractivity (Wildman–Crippen MR) is 87.4 cm³/mol. The van der Waals surface area contributed by atoms with Crippen molar-refractivity contribution in [3.63, 3.8) is 0 Å². The van der Waals surface area contributed by atoms with Crippen LogP contribution in [-0.2, 0) is 6.54 Å². The van der Waals surface area contributed by atoms with Crippen molar-refractivity contribution in [2.75, 3.05) is 10.6 Å². The van der Waals surface area contributed by atoms with E-state index < -0.39 is 0 Å². The summed E-state index contributed by atoms with van der Waals surface area (Å²) in [7, 11) is 0. The molecule has 0 saturated carbocycles. The molecule has 0 aliphatic heterocycles. The normalized spacial score (nSPS) is 10.8. The third-order valence-corrected chi connectivity index (χ3v) is 3.35. The standard InChI is InChI=1S/C16H14N6O/c1-2-4-11(5-3-1)10-17-16-19-12-7-9-23-14(12)15(21-16)20-13-6-8-18-22-13/h1-9H,10H2,(H3,17,18,19,20,21,22).